The van der Waals surface area contributed by atoms with E-state index in [2.05, 4.69) is 10.4 Å². The van der Waals surface area contributed by atoms with Gasteiger partial charge in [-0.15, -0.1) is 11.8 Å². The van der Waals surface area contributed by atoms with E-state index in [-0.39, 0.29) is 11.8 Å². The predicted octanol–water partition coefficient (Wildman–Crippen LogP) is 2.16. The van der Waals surface area contributed by atoms with Crippen LogP contribution in [0.3, 0.4) is 0 Å². The van der Waals surface area contributed by atoms with Crippen LogP contribution < -0.4 is 5.32 Å². The number of thioether (sulfide) groups is 1. The molecule has 0 bridgehead atoms. The summed E-state index contributed by atoms with van der Waals surface area (Å²) in [5, 5.41) is 8.72. The zero-order chi connectivity index (χ0) is 15.2. The lowest BCUT2D eigenvalue weighted by Crippen LogP contribution is -2.38. The molecule has 0 radical (unpaired) electrons. The lowest BCUT2D eigenvalue weighted by Gasteiger charge is -2.18. The van der Waals surface area contributed by atoms with Crippen LogP contribution >= 0.6 is 23.4 Å². The first-order chi connectivity index (χ1) is 10.1. The Bertz CT molecular complexity index is 560. The van der Waals surface area contributed by atoms with Gasteiger partial charge < -0.3 is 5.32 Å². The van der Waals surface area contributed by atoms with Gasteiger partial charge in [0, 0.05) is 42.1 Å². The molecule has 0 aromatic heterocycles. The molecule has 0 saturated carbocycles. The Labute approximate surface area is 132 Å². The fourth-order valence-electron chi connectivity index (χ4n) is 1.80. The maximum atomic E-state index is 11.9. The number of hydrogen-bond donors (Lipinski definition) is 1. The molecule has 1 aliphatic heterocycles. The summed E-state index contributed by atoms with van der Waals surface area (Å²) in [6.07, 6.45) is 0.738. The van der Waals surface area contributed by atoms with Crippen LogP contribution in [-0.4, -0.2) is 41.9 Å². The van der Waals surface area contributed by atoms with Crippen LogP contribution in [0.15, 0.2) is 34.3 Å². The number of hydrazone groups is 1. The number of hydrogen-bond acceptors (Lipinski definition) is 4. The number of amides is 2. The number of benzene rings is 1. The van der Waals surface area contributed by atoms with Crippen LogP contribution in [-0.2, 0) is 9.59 Å². The van der Waals surface area contributed by atoms with E-state index in [9.17, 15) is 9.59 Å². The van der Waals surface area contributed by atoms with Gasteiger partial charge in [-0.25, -0.2) is 5.01 Å². The maximum absolute atomic E-state index is 11.9. The monoisotopic (exact) mass is 325 g/mol. The highest BCUT2D eigenvalue weighted by molar-refractivity contribution is 7.99. The minimum Gasteiger partial charge on any atom is -0.350 e. The Kier molecular flexibility index (Phi) is 5.64. The molecule has 0 aliphatic carbocycles. The Morgan fingerprint density at radius 3 is 2.76 bits per heavy atom. The SMILES string of the molecule is CN1N=C(C(=O)NCCSc2ccc(Cl)cc2)CCC1=O. The second-order valence-electron chi connectivity index (χ2n) is 4.52. The van der Waals surface area contributed by atoms with Crippen LogP contribution in [0.2, 0.25) is 5.02 Å². The number of carbonyl (C=O) groups is 2. The standard InChI is InChI=1S/C14H16ClN3O2S/c1-18-13(19)7-6-12(17-18)14(20)16-8-9-21-11-4-2-10(15)3-5-11/h2-5H,6-9H2,1H3,(H,16,20). The molecule has 2 rings (SSSR count). The Morgan fingerprint density at radius 1 is 1.38 bits per heavy atom. The first kappa shape index (κ1) is 15.9. The normalized spacial score (nSPS) is 14.9. The second-order valence-corrected chi connectivity index (χ2v) is 6.13. The zero-order valence-electron chi connectivity index (χ0n) is 11.6. The second kappa shape index (κ2) is 7.47. The van der Waals surface area contributed by atoms with Crippen molar-refractivity contribution in [2.45, 2.75) is 17.7 Å². The molecule has 7 heteroatoms. The van der Waals surface area contributed by atoms with Gasteiger partial charge in [-0.05, 0) is 24.3 Å². The Balaban J connectivity index is 1.73. The van der Waals surface area contributed by atoms with Gasteiger partial charge in [-0.1, -0.05) is 11.6 Å². The van der Waals surface area contributed by atoms with E-state index in [4.69, 9.17) is 11.6 Å². The third-order valence-corrected chi connectivity index (χ3v) is 4.21. The molecule has 0 atom stereocenters. The summed E-state index contributed by atoms with van der Waals surface area (Å²) in [5.41, 5.74) is 0.411. The molecule has 112 valence electrons. The minimum atomic E-state index is -0.203. The fourth-order valence-corrected chi connectivity index (χ4v) is 2.69. The van der Waals surface area contributed by atoms with Gasteiger partial charge in [0.15, 0.2) is 0 Å². The van der Waals surface area contributed by atoms with Gasteiger partial charge in [0.25, 0.3) is 5.91 Å². The highest BCUT2D eigenvalue weighted by Crippen LogP contribution is 2.19. The van der Waals surface area contributed by atoms with E-state index >= 15 is 0 Å². The highest BCUT2D eigenvalue weighted by atomic mass is 35.5. The van der Waals surface area contributed by atoms with E-state index in [0.717, 1.165) is 10.6 Å². The number of halogens is 1. The molecule has 0 unspecified atom stereocenters. The largest absolute Gasteiger partial charge is 0.350 e. The summed E-state index contributed by atoms with van der Waals surface area (Å²) in [6.45, 7) is 0.544. The fraction of sp³-hybridized carbons (Fsp3) is 0.357. The number of nitrogens with one attached hydrogen (secondary N) is 1. The van der Waals surface area contributed by atoms with Crippen LogP contribution in [0, 0.1) is 0 Å². The summed E-state index contributed by atoms with van der Waals surface area (Å²) in [6, 6.07) is 7.57. The van der Waals surface area contributed by atoms with Crippen molar-refractivity contribution in [2.75, 3.05) is 19.3 Å². The van der Waals surface area contributed by atoms with E-state index in [0.29, 0.717) is 30.1 Å². The van der Waals surface area contributed by atoms with Crippen molar-refractivity contribution in [2.24, 2.45) is 5.10 Å². The molecule has 0 saturated heterocycles. The first-order valence-corrected chi connectivity index (χ1v) is 7.93. The van der Waals surface area contributed by atoms with E-state index in [1.54, 1.807) is 18.8 Å². The molecule has 1 aliphatic rings. The van der Waals surface area contributed by atoms with E-state index < -0.39 is 0 Å². The van der Waals surface area contributed by atoms with Gasteiger partial charge in [0.2, 0.25) is 5.91 Å². The van der Waals surface area contributed by atoms with Gasteiger partial charge in [0.1, 0.15) is 5.71 Å². The van der Waals surface area contributed by atoms with Crippen molar-refractivity contribution in [1.29, 1.82) is 0 Å². The van der Waals surface area contributed by atoms with Crippen LogP contribution in [0.1, 0.15) is 12.8 Å². The summed E-state index contributed by atoms with van der Waals surface area (Å²) < 4.78 is 0. The third-order valence-electron chi connectivity index (χ3n) is 2.94. The molecule has 2 amide bonds. The van der Waals surface area contributed by atoms with Crippen LogP contribution in [0.5, 0.6) is 0 Å². The summed E-state index contributed by atoms with van der Waals surface area (Å²) >= 11 is 7.46. The Hall–Kier alpha value is -1.53. The summed E-state index contributed by atoms with van der Waals surface area (Å²) in [5.74, 6) is 0.492. The number of rotatable bonds is 5. The van der Waals surface area contributed by atoms with Crippen molar-refractivity contribution in [3.63, 3.8) is 0 Å². The van der Waals surface area contributed by atoms with Crippen molar-refractivity contribution in [3.05, 3.63) is 29.3 Å². The molecule has 21 heavy (non-hydrogen) atoms. The lowest BCUT2D eigenvalue weighted by atomic mass is 10.1. The highest BCUT2D eigenvalue weighted by Gasteiger charge is 2.21. The maximum Gasteiger partial charge on any atom is 0.267 e. The number of nitrogens with zero attached hydrogens (tertiary/aromatic N) is 2. The molecular weight excluding hydrogens is 310 g/mol. The summed E-state index contributed by atoms with van der Waals surface area (Å²) in [7, 11) is 1.56. The van der Waals surface area contributed by atoms with E-state index in [1.165, 1.54) is 5.01 Å². The smallest absolute Gasteiger partial charge is 0.267 e. The van der Waals surface area contributed by atoms with Gasteiger partial charge in [-0.3, -0.25) is 9.59 Å². The van der Waals surface area contributed by atoms with Crippen molar-refractivity contribution >= 4 is 40.9 Å². The molecule has 0 spiro atoms. The quantitative estimate of drug-likeness (QED) is 0.666. The number of carbonyl (C=O) groups excluding carboxylic acids is 2. The topological polar surface area (TPSA) is 61.8 Å². The van der Waals surface area contributed by atoms with Crippen molar-refractivity contribution in [1.82, 2.24) is 10.3 Å². The van der Waals surface area contributed by atoms with Gasteiger partial charge in [0.05, 0.1) is 0 Å². The molecule has 0 fully saturated rings. The Morgan fingerprint density at radius 2 is 2.10 bits per heavy atom. The molecule has 1 N–H and O–H groups in total. The zero-order valence-corrected chi connectivity index (χ0v) is 13.2. The average Bonchev–Trinajstić information content (AvgIpc) is 2.48. The van der Waals surface area contributed by atoms with Gasteiger partial charge >= 0.3 is 0 Å². The third kappa shape index (κ3) is 4.75. The lowest BCUT2D eigenvalue weighted by molar-refractivity contribution is -0.130. The van der Waals surface area contributed by atoms with Crippen LogP contribution in [0.4, 0.5) is 0 Å². The van der Waals surface area contributed by atoms with Gasteiger partial charge in [-0.2, -0.15) is 5.10 Å². The first-order valence-electron chi connectivity index (χ1n) is 6.57. The van der Waals surface area contributed by atoms with E-state index in [1.807, 2.05) is 24.3 Å². The van der Waals surface area contributed by atoms with Crippen molar-refractivity contribution < 1.29 is 9.59 Å². The molecule has 1 aromatic carbocycles. The van der Waals surface area contributed by atoms with Crippen molar-refractivity contribution in [3.8, 4) is 0 Å². The van der Waals surface area contributed by atoms with Crippen LogP contribution in [0.25, 0.3) is 0 Å². The predicted molar refractivity (Wildman–Crippen MR) is 84.6 cm³/mol. The minimum absolute atomic E-state index is 0.0650. The molecule has 1 heterocycles. The summed E-state index contributed by atoms with van der Waals surface area (Å²) in [4.78, 5) is 24.3. The molecule has 1 aromatic rings. The average molecular weight is 326 g/mol. The molecule has 5 nitrogen and oxygen atoms in total. The molecular formula is C14H16ClN3O2S.